The molecule has 0 bridgehead atoms. The Balaban J connectivity index is 2.37. The van der Waals surface area contributed by atoms with E-state index in [-0.39, 0.29) is 25.7 Å². The fraction of sp³-hybridized carbons (Fsp3) is 0.955. The van der Waals surface area contributed by atoms with E-state index in [9.17, 15) is 13.2 Å². The largest absolute Gasteiger partial charge is 0.447 e. The van der Waals surface area contributed by atoms with Gasteiger partial charge in [0, 0.05) is 19.4 Å². The molecular formula is C22H43NO7S. The highest BCUT2D eigenvalue weighted by molar-refractivity contribution is 7.85. The summed E-state index contributed by atoms with van der Waals surface area (Å²) in [6, 6.07) is 0. The van der Waals surface area contributed by atoms with Crippen LogP contribution in [-0.4, -0.2) is 56.5 Å². The number of carbonyl (C=O) groups excluding carboxylic acids is 1. The molecule has 1 saturated heterocycles. The Hall–Kier alpha value is -0.900. The Morgan fingerprint density at radius 2 is 1.58 bits per heavy atom. The van der Waals surface area contributed by atoms with E-state index in [1.807, 2.05) is 0 Å². The fourth-order valence-corrected chi connectivity index (χ4v) is 4.26. The number of ether oxygens (including phenoxy) is 3. The molecule has 0 spiro atoms. The summed E-state index contributed by atoms with van der Waals surface area (Å²) in [6.45, 7) is 5.02. The van der Waals surface area contributed by atoms with Gasteiger partial charge in [-0.1, -0.05) is 65.2 Å². The molecule has 1 aliphatic rings. The van der Waals surface area contributed by atoms with Crippen molar-refractivity contribution in [2.24, 2.45) is 0 Å². The molecule has 0 radical (unpaired) electrons. The molecule has 0 aromatic rings. The van der Waals surface area contributed by atoms with Crippen molar-refractivity contribution in [3.63, 3.8) is 0 Å². The van der Waals surface area contributed by atoms with Crippen molar-refractivity contribution >= 4 is 16.2 Å². The van der Waals surface area contributed by atoms with Gasteiger partial charge in [-0.25, -0.2) is 4.79 Å². The van der Waals surface area contributed by atoms with Gasteiger partial charge in [0.2, 0.25) is 0 Å². The molecular weight excluding hydrogens is 422 g/mol. The van der Waals surface area contributed by atoms with Gasteiger partial charge in [0.1, 0.15) is 12.7 Å². The van der Waals surface area contributed by atoms with Gasteiger partial charge in [-0.15, -0.1) is 0 Å². The average molecular weight is 466 g/mol. The van der Waals surface area contributed by atoms with Crippen molar-refractivity contribution in [1.82, 2.24) is 5.32 Å². The van der Waals surface area contributed by atoms with Gasteiger partial charge in [-0.2, -0.15) is 8.42 Å². The van der Waals surface area contributed by atoms with E-state index in [1.54, 1.807) is 0 Å². The molecule has 0 aliphatic carbocycles. The van der Waals surface area contributed by atoms with Gasteiger partial charge in [0.05, 0.1) is 12.4 Å². The first-order valence-corrected chi connectivity index (χ1v) is 13.6. The third kappa shape index (κ3) is 14.0. The monoisotopic (exact) mass is 465 g/mol. The van der Waals surface area contributed by atoms with Crippen LogP contribution in [0.15, 0.2) is 0 Å². The second-order valence-corrected chi connectivity index (χ2v) is 10.0. The molecule has 1 unspecified atom stereocenters. The predicted octanol–water partition coefficient (Wildman–Crippen LogP) is 4.82. The number of nitrogens with one attached hydrogen (secondary N) is 1. The highest BCUT2D eigenvalue weighted by atomic mass is 32.2. The van der Waals surface area contributed by atoms with Gasteiger partial charge in [-0.05, 0) is 19.3 Å². The number of carbonyl (C=O) groups is 1. The summed E-state index contributed by atoms with van der Waals surface area (Å²) in [7, 11) is -4.02. The summed E-state index contributed by atoms with van der Waals surface area (Å²) in [4.78, 5) is 11.8. The average Bonchev–Trinajstić information content (AvgIpc) is 3.12. The van der Waals surface area contributed by atoms with E-state index in [4.69, 9.17) is 18.8 Å². The van der Waals surface area contributed by atoms with Crippen molar-refractivity contribution < 1.29 is 32.0 Å². The minimum Gasteiger partial charge on any atom is -0.447 e. The van der Waals surface area contributed by atoms with Crippen LogP contribution in [0, 0.1) is 0 Å². The first-order valence-electron chi connectivity index (χ1n) is 12.0. The number of amides is 1. The summed E-state index contributed by atoms with van der Waals surface area (Å²) in [5.41, 5.74) is 0. The SMILES string of the molecule is CCCCCCCC1(CCCCCCC)OCC(COC(=O)NCCCS(=O)(=O)O)O1. The van der Waals surface area contributed by atoms with Crippen molar-refractivity contribution in [3.8, 4) is 0 Å². The maximum atomic E-state index is 11.8. The highest BCUT2D eigenvalue weighted by Crippen LogP contribution is 2.34. The molecule has 1 fully saturated rings. The van der Waals surface area contributed by atoms with E-state index in [2.05, 4.69) is 19.2 Å². The van der Waals surface area contributed by atoms with Crippen LogP contribution in [0.2, 0.25) is 0 Å². The van der Waals surface area contributed by atoms with Crippen LogP contribution in [-0.2, 0) is 24.3 Å². The minimum atomic E-state index is -4.02. The first-order chi connectivity index (χ1) is 14.8. The van der Waals surface area contributed by atoms with Crippen molar-refractivity contribution in [2.75, 3.05) is 25.5 Å². The molecule has 0 aromatic heterocycles. The standard InChI is InChI=1S/C22H43NO7S/c1-3-5-7-9-11-14-22(15-12-10-8-6-4-2)29-19-20(30-22)18-28-21(24)23-16-13-17-31(25,26)27/h20H,3-19H2,1-2H3,(H,23,24)(H,25,26,27). The van der Waals surface area contributed by atoms with Gasteiger partial charge >= 0.3 is 6.09 Å². The Morgan fingerprint density at radius 3 is 2.13 bits per heavy atom. The summed E-state index contributed by atoms with van der Waals surface area (Å²) in [6.07, 6.45) is 12.8. The Labute approximate surface area is 188 Å². The number of alkyl carbamates (subject to hydrolysis) is 1. The van der Waals surface area contributed by atoms with E-state index < -0.39 is 27.8 Å². The Kier molecular flexibility index (Phi) is 14.4. The molecule has 2 N–H and O–H groups in total. The Bertz CT molecular complexity index is 568. The second-order valence-electron chi connectivity index (χ2n) is 8.45. The molecule has 8 nitrogen and oxygen atoms in total. The summed E-state index contributed by atoms with van der Waals surface area (Å²) in [5.74, 6) is -0.968. The lowest BCUT2D eigenvalue weighted by atomic mass is 9.99. The molecule has 1 rings (SSSR count). The topological polar surface area (TPSA) is 111 Å². The van der Waals surface area contributed by atoms with E-state index in [1.165, 1.54) is 51.4 Å². The summed E-state index contributed by atoms with van der Waals surface area (Å²) in [5, 5.41) is 2.47. The van der Waals surface area contributed by atoms with Gasteiger partial charge < -0.3 is 19.5 Å². The van der Waals surface area contributed by atoms with Crippen molar-refractivity contribution in [1.29, 1.82) is 0 Å². The molecule has 0 saturated carbocycles. The van der Waals surface area contributed by atoms with Crippen LogP contribution < -0.4 is 5.32 Å². The highest BCUT2D eigenvalue weighted by Gasteiger charge is 2.40. The first kappa shape index (κ1) is 28.1. The van der Waals surface area contributed by atoms with Crippen molar-refractivity contribution in [3.05, 3.63) is 0 Å². The fourth-order valence-electron chi connectivity index (χ4n) is 3.75. The summed E-state index contributed by atoms with van der Waals surface area (Å²) < 4.78 is 47.6. The van der Waals surface area contributed by atoms with Crippen LogP contribution in [0.25, 0.3) is 0 Å². The molecule has 31 heavy (non-hydrogen) atoms. The molecule has 0 aromatic carbocycles. The third-order valence-corrected chi connectivity index (χ3v) is 6.29. The zero-order chi connectivity index (χ0) is 23.0. The molecule has 184 valence electrons. The second kappa shape index (κ2) is 15.8. The summed E-state index contributed by atoms with van der Waals surface area (Å²) >= 11 is 0. The van der Waals surface area contributed by atoms with Crippen LogP contribution in [0.4, 0.5) is 4.79 Å². The maximum Gasteiger partial charge on any atom is 0.407 e. The lowest BCUT2D eigenvalue weighted by Crippen LogP contribution is -2.33. The number of rotatable bonds is 18. The van der Waals surface area contributed by atoms with Crippen LogP contribution in [0.5, 0.6) is 0 Å². The number of hydrogen-bond acceptors (Lipinski definition) is 6. The van der Waals surface area contributed by atoms with Gasteiger partial charge in [0.25, 0.3) is 10.1 Å². The molecule has 1 amide bonds. The van der Waals surface area contributed by atoms with E-state index >= 15 is 0 Å². The maximum absolute atomic E-state index is 11.8. The minimum absolute atomic E-state index is 0.0948. The van der Waals surface area contributed by atoms with Gasteiger partial charge in [0.15, 0.2) is 5.79 Å². The molecule has 1 heterocycles. The molecule has 9 heteroatoms. The van der Waals surface area contributed by atoms with Crippen LogP contribution in [0.1, 0.15) is 97.3 Å². The predicted molar refractivity (Wildman–Crippen MR) is 121 cm³/mol. The van der Waals surface area contributed by atoms with Gasteiger partial charge in [-0.3, -0.25) is 4.55 Å². The lowest BCUT2D eigenvalue weighted by molar-refractivity contribution is -0.182. The van der Waals surface area contributed by atoms with Crippen LogP contribution >= 0.6 is 0 Å². The quantitative estimate of drug-likeness (QED) is 0.220. The Morgan fingerprint density at radius 1 is 1.00 bits per heavy atom. The van der Waals surface area contributed by atoms with Crippen LogP contribution in [0.3, 0.4) is 0 Å². The van der Waals surface area contributed by atoms with Crippen molar-refractivity contribution in [2.45, 2.75) is 109 Å². The molecule has 1 aliphatic heterocycles. The lowest BCUT2D eigenvalue weighted by Gasteiger charge is -2.28. The smallest absolute Gasteiger partial charge is 0.407 e. The van der Waals surface area contributed by atoms with E-state index in [0.717, 1.165) is 25.7 Å². The normalized spacial score (nSPS) is 18.2. The zero-order valence-corrected chi connectivity index (χ0v) is 20.2. The van der Waals surface area contributed by atoms with E-state index in [0.29, 0.717) is 6.61 Å². The number of unbranched alkanes of at least 4 members (excludes halogenated alkanes) is 8. The third-order valence-electron chi connectivity index (χ3n) is 5.48. The molecule has 1 atom stereocenters. The number of hydrogen-bond donors (Lipinski definition) is 2. The zero-order valence-electron chi connectivity index (χ0n) is 19.4.